The van der Waals surface area contributed by atoms with Crippen molar-refractivity contribution in [1.82, 2.24) is 4.31 Å². The number of nitriles is 1. The Morgan fingerprint density at radius 1 is 1.36 bits per heavy atom. The topological polar surface area (TPSA) is 87.2 Å². The number of alkyl halides is 3. The average molecular weight is 333 g/mol. The lowest BCUT2D eigenvalue weighted by atomic mass is 10.1. The van der Waals surface area contributed by atoms with E-state index >= 15 is 0 Å². The highest BCUT2D eigenvalue weighted by Gasteiger charge is 2.36. The first-order valence-corrected chi connectivity index (χ1v) is 7.97. The molecule has 0 amide bonds. The molecule has 1 saturated heterocycles. The van der Waals surface area contributed by atoms with Crippen LogP contribution >= 0.6 is 0 Å². The van der Waals surface area contributed by atoms with E-state index in [1.807, 2.05) is 0 Å². The van der Waals surface area contributed by atoms with Crippen LogP contribution in [0.2, 0.25) is 0 Å². The molecule has 5 nitrogen and oxygen atoms in total. The number of benzene rings is 1. The highest BCUT2D eigenvalue weighted by Crippen LogP contribution is 2.34. The summed E-state index contributed by atoms with van der Waals surface area (Å²) in [5.41, 5.74) is 3.85. The lowest BCUT2D eigenvalue weighted by Gasteiger charge is -2.30. The van der Waals surface area contributed by atoms with Crippen molar-refractivity contribution >= 4 is 10.0 Å². The Bertz CT molecular complexity index is 710. The van der Waals surface area contributed by atoms with Crippen LogP contribution in [0.5, 0.6) is 0 Å². The zero-order chi connectivity index (χ0) is 16.5. The smallest absolute Gasteiger partial charge is 0.327 e. The summed E-state index contributed by atoms with van der Waals surface area (Å²) >= 11 is 0. The summed E-state index contributed by atoms with van der Waals surface area (Å²) in [5, 5.41) is 8.73. The summed E-state index contributed by atoms with van der Waals surface area (Å²) in [6.07, 6.45) is -3.56. The second kappa shape index (κ2) is 5.87. The van der Waals surface area contributed by atoms with Crippen molar-refractivity contribution in [2.45, 2.75) is 30.0 Å². The predicted molar refractivity (Wildman–Crippen MR) is 72.1 cm³/mol. The van der Waals surface area contributed by atoms with E-state index in [2.05, 4.69) is 0 Å². The van der Waals surface area contributed by atoms with Crippen molar-refractivity contribution in [2.24, 2.45) is 5.73 Å². The quantitative estimate of drug-likeness (QED) is 0.892. The Morgan fingerprint density at radius 2 is 2.05 bits per heavy atom. The van der Waals surface area contributed by atoms with Gasteiger partial charge >= 0.3 is 6.18 Å². The summed E-state index contributed by atoms with van der Waals surface area (Å²) in [7, 11) is -4.06. The van der Waals surface area contributed by atoms with Crippen LogP contribution in [0.25, 0.3) is 0 Å². The van der Waals surface area contributed by atoms with E-state index in [0.717, 1.165) is 16.4 Å². The molecule has 1 aromatic rings. The summed E-state index contributed by atoms with van der Waals surface area (Å²) in [5.74, 6) is 0. The van der Waals surface area contributed by atoms with Crippen LogP contribution in [-0.2, 0) is 16.2 Å². The van der Waals surface area contributed by atoms with Crippen molar-refractivity contribution in [3.8, 4) is 6.07 Å². The number of hydrogen-bond acceptors (Lipinski definition) is 4. The third kappa shape index (κ3) is 3.24. The molecule has 0 aromatic heterocycles. The van der Waals surface area contributed by atoms with Gasteiger partial charge in [-0.2, -0.15) is 22.7 Å². The summed E-state index contributed by atoms with van der Waals surface area (Å²) in [6.45, 7) is 0.293. The van der Waals surface area contributed by atoms with Gasteiger partial charge in [-0.05, 0) is 31.0 Å². The predicted octanol–water partition coefficient (Wildman–Crippen LogP) is 1.69. The van der Waals surface area contributed by atoms with Crippen LogP contribution in [0.1, 0.15) is 24.0 Å². The van der Waals surface area contributed by atoms with E-state index in [-0.39, 0.29) is 19.1 Å². The molecule has 1 heterocycles. The number of nitrogens with two attached hydrogens (primary N) is 1. The Labute approximate surface area is 126 Å². The molecule has 1 unspecified atom stereocenters. The molecule has 120 valence electrons. The molecule has 0 spiro atoms. The van der Waals surface area contributed by atoms with Gasteiger partial charge in [-0.25, -0.2) is 8.42 Å². The van der Waals surface area contributed by atoms with Gasteiger partial charge in [-0.1, -0.05) is 0 Å². The average Bonchev–Trinajstić information content (AvgIpc) is 2.45. The number of hydrogen-bond donors (Lipinski definition) is 1. The number of rotatable bonds is 2. The van der Waals surface area contributed by atoms with Gasteiger partial charge in [0.2, 0.25) is 10.0 Å². The van der Waals surface area contributed by atoms with Gasteiger partial charge in [0.1, 0.15) is 0 Å². The fourth-order valence-corrected chi connectivity index (χ4v) is 3.92. The molecule has 1 atom stereocenters. The number of halogens is 3. The van der Waals surface area contributed by atoms with Crippen molar-refractivity contribution in [1.29, 1.82) is 5.26 Å². The van der Waals surface area contributed by atoms with Crippen molar-refractivity contribution in [3.05, 3.63) is 29.3 Å². The zero-order valence-electron chi connectivity index (χ0n) is 11.5. The van der Waals surface area contributed by atoms with Crippen LogP contribution in [0.15, 0.2) is 23.1 Å². The SMILES string of the molecule is N#Cc1ccc(S(=O)(=O)N2CCCC(N)C2)cc1C(F)(F)F. The molecule has 1 aliphatic heterocycles. The van der Waals surface area contributed by atoms with Gasteiger partial charge in [0, 0.05) is 19.1 Å². The van der Waals surface area contributed by atoms with E-state index in [4.69, 9.17) is 11.0 Å². The van der Waals surface area contributed by atoms with Gasteiger partial charge in [-0.15, -0.1) is 0 Å². The number of sulfonamides is 1. The van der Waals surface area contributed by atoms with Crippen LogP contribution in [-0.4, -0.2) is 31.9 Å². The molecule has 1 aromatic carbocycles. The Morgan fingerprint density at radius 3 is 2.59 bits per heavy atom. The molecule has 2 rings (SSSR count). The Kier molecular flexibility index (Phi) is 4.47. The molecule has 0 aliphatic carbocycles. The first-order valence-electron chi connectivity index (χ1n) is 6.53. The van der Waals surface area contributed by atoms with E-state index < -0.39 is 32.2 Å². The standard InChI is InChI=1S/C13H14F3N3O2S/c14-13(15,16)12-6-11(4-3-9(12)7-17)22(20,21)19-5-1-2-10(18)8-19/h3-4,6,10H,1-2,5,8,18H2. The molecule has 0 saturated carbocycles. The molecule has 1 aliphatic rings. The van der Waals surface area contributed by atoms with Crippen LogP contribution in [0, 0.1) is 11.3 Å². The van der Waals surface area contributed by atoms with Crippen LogP contribution in [0.3, 0.4) is 0 Å². The minimum absolute atomic E-state index is 0.0731. The minimum atomic E-state index is -4.80. The molecule has 0 bridgehead atoms. The van der Waals surface area contributed by atoms with Crippen molar-refractivity contribution in [2.75, 3.05) is 13.1 Å². The second-order valence-corrected chi connectivity index (χ2v) is 7.02. The van der Waals surface area contributed by atoms with Crippen molar-refractivity contribution < 1.29 is 21.6 Å². The third-order valence-electron chi connectivity index (χ3n) is 3.48. The van der Waals surface area contributed by atoms with Gasteiger partial charge in [-0.3, -0.25) is 0 Å². The highest BCUT2D eigenvalue weighted by atomic mass is 32.2. The monoisotopic (exact) mass is 333 g/mol. The van der Waals surface area contributed by atoms with Crippen LogP contribution < -0.4 is 5.73 Å². The fraction of sp³-hybridized carbons (Fsp3) is 0.462. The van der Waals surface area contributed by atoms with E-state index in [9.17, 15) is 21.6 Å². The first kappa shape index (κ1) is 16.7. The van der Waals surface area contributed by atoms with Gasteiger partial charge < -0.3 is 5.73 Å². The number of nitrogens with zero attached hydrogens (tertiary/aromatic N) is 2. The van der Waals surface area contributed by atoms with Gasteiger partial charge in [0.05, 0.1) is 22.1 Å². The molecule has 22 heavy (non-hydrogen) atoms. The molecule has 0 radical (unpaired) electrons. The Balaban J connectivity index is 2.46. The maximum absolute atomic E-state index is 12.9. The fourth-order valence-electron chi connectivity index (χ4n) is 2.36. The zero-order valence-corrected chi connectivity index (χ0v) is 12.3. The summed E-state index contributed by atoms with van der Waals surface area (Å²) in [4.78, 5) is -0.479. The maximum atomic E-state index is 12.9. The van der Waals surface area contributed by atoms with Gasteiger partial charge in [0.25, 0.3) is 0 Å². The maximum Gasteiger partial charge on any atom is 0.417 e. The highest BCUT2D eigenvalue weighted by molar-refractivity contribution is 7.89. The van der Waals surface area contributed by atoms with E-state index in [1.54, 1.807) is 0 Å². The molecule has 2 N–H and O–H groups in total. The number of piperidine rings is 1. The first-order chi connectivity index (χ1) is 10.2. The second-order valence-electron chi connectivity index (χ2n) is 5.08. The molecule has 9 heteroatoms. The molecule has 1 fully saturated rings. The molecular weight excluding hydrogens is 319 g/mol. The Hall–Kier alpha value is -1.63. The molecular formula is C13H14F3N3O2S. The van der Waals surface area contributed by atoms with Crippen LogP contribution in [0.4, 0.5) is 13.2 Å². The summed E-state index contributed by atoms with van der Waals surface area (Å²) < 4.78 is 64.7. The summed E-state index contributed by atoms with van der Waals surface area (Å²) in [6, 6.07) is 3.49. The van der Waals surface area contributed by atoms with E-state index in [1.165, 1.54) is 6.07 Å². The normalized spacial score (nSPS) is 20.6. The third-order valence-corrected chi connectivity index (χ3v) is 5.34. The minimum Gasteiger partial charge on any atom is -0.327 e. The largest absolute Gasteiger partial charge is 0.417 e. The lowest BCUT2D eigenvalue weighted by Crippen LogP contribution is -2.45. The van der Waals surface area contributed by atoms with Crippen molar-refractivity contribution in [3.63, 3.8) is 0 Å². The lowest BCUT2D eigenvalue weighted by molar-refractivity contribution is -0.137. The van der Waals surface area contributed by atoms with Gasteiger partial charge in [0.15, 0.2) is 0 Å². The van der Waals surface area contributed by atoms with E-state index in [0.29, 0.717) is 18.9 Å².